The molecule has 2 aromatic carbocycles. The second kappa shape index (κ2) is 10.9. The van der Waals surface area contributed by atoms with Crippen molar-refractivity contribution in [1.82, 2.24) is 30.1 Å². The fraction of sp³-hybridized carbons (Fsp3) is 0.429. The summed E-state index contributed by atoms with van der Waals surface area (Å²) in [6.45, 7) is 8.49. The van der Waals surface area contributed by atoms with Gasteiger partial charge in [-0.05, 0) is 84.3 Å². The first-order valence-corrected chi connectivity index (χ1v) is 12.9. The number of pyridine rings is 1. The molecule has 2 atom stereocenters. The van der Waals surface area contributed by atoms with E-state index in [2.05, 4.69) is 51.4 Å². The third-order valence-electron chi connectivity index (χ3n) is 7.14. The van der Waals surface area contributed by atoms with Crippen LogP contribution < -0.4 is 5.56 Å². The Kier molecular flexibility index (Phi) is 7.43. The van der Waals surface area contributed by atoms with Gasteiger partial charge in [0.05, 0.1) is 24.2 Å². The molecular formula is C28H33FN6O2. The van der Waals surface area contributed by atoms with Gasteiger partial charge in [0.1, 0.15) is 5.82 Å². The molecule has 1 aliphatic heterocycles. The molecule has 2 unspecified atom stereocenters. The number of benzene rings is 2. The van der Waals surface area contributed by atoms with Crippen molar-refractivity contribution in [1.29, 1.82) is 0 Å². The molecule has 194 valence electrons. The molecule has 37 heavy (non-hydrogen) atoms. The van der Waals surface area contributed by atoms with E-state index in [9.17, 15) is 9.18 Å². The normalized spacial score (nSPS) is 16.6. The quantitative estimate of drug-likeness (QED) is 0.362. The average molecular weight is 505 g/mol. The van der Waals surface area contributed by atoms with Crippen LogP contribution in [0.2, 0.25) is 0 Å². The number of aromatic nitrogens is 5. The van der Waals surface area contributed by atoms with Crippen molar-refractivity contribution < 1.29 is 9.13 Å². The fourth-order valence-corrected chi connectivity index (χ4v) is 5.35. The third kappa shape index (κ3) is 5.62. The van der Waals surface area contributed by atoms with Crippen molar-refractivity contribution in [2.45, 2.75) is 65.3 Å². The van der Waals surface area contributed by atoms with Gasteiger partial charge in [-0.25, -0.2) is 9.07 Å². The van der Waals surface area contributed by atoms with E-state index in [4.69, 9.17) is 4.74 Å². The van der Waals surface area contributed by atoms with Crippen LogP contribution in [0, 0.1) is 19.7 Å². The second-order valence-electron chi connectivity index (χ2n) is 9.98. The van der Waals surface area contributed by atoms with E-state index < -0.39 is 0 Å². The number of H-pyrrole nitrogens is 1. The van der Waals surface area contributed by atoms with E-state index in [1.54, 1.807) is 16.8 Å². The maximum atomic E-state index is 13.4. The predicted octanol–water partition coefficient (Wildman–Crippen LogP) is 4.45. The number of halogens is 1. The lowest BCUT2D eigenvalue weighted by Crippen LogP contribution is -2.37. The molecule has 9 heteroatoms. The molecular weight excluding hydrogens is 471 g/mol. The van der Waals surface area contributed by atoms with Gasteiger partial charge in [-0.2, -0.15) is 0 Å². The van der Waals surface area contributed by atoms with Crippen LogP contribution in [0.1, 0.15) is 60.3 Å². The Morgan fingerprint density at radius 2 is 2.03 bits per heavy atom. The molecule has 1 N–H and O–H groups in total. The largest absolute Gasteiger partial charge is 0.377 e. The molecule has 0 bridgehead atoms. The Morgan fingerprint density at radius 1 is 1.22 bits per heavy atom. The first-order chi connectivity index (χ1) is 17.9. The Hall–Kier alpha value is -3.43. The topological polar surface area (TPSA) is 88.9 Å². The number of nitrogens with one attached hydrogen (secondary N) is 1. The van der Waals surface area contributed by atoms with E-state index in [0.29, 0.717) is 31.0 Å². The molecule has 0 aliphatic carbocycles. The van der Waals surface area contributed by atoms with Crippen molar-refractivity contribution in [2.24, 2.45) is 0 Å². The Balaban J connectivity index is 1.49. The highest BCUT2D eigenvalue weighted by Gasteiger charge is 2.29. The number of rotatable bonds is 9. The van der Waals surface area contributed by atoms with E-state index in [0.717, 1.165) is 53.5 Å². The summed E-state index contributed by atoms with van der Waals surface area (Å²) >= 11 is 0. The molecule has 8 nitrogen and oxygen atoms in total. The van der Waals surface area contributed by atoms with Crippen molar-refractivity contribution in [3.05, 3.63) is 86.7 Å². The van der Waals surface area contributed by atoms with Gasteiger partial charge in [-0.3, -0.25) is 9.69 Å². The summed E-state index contributed by atoms with van der Waals surface area (Å²) in [7, 11) is 0. The summed E-state index contributed by atoms with van der Waals surface area (Å²) in [5.41, 5.74) is 4.61. The SMILES string of the molecule is CCC(c1nnnn1Cc1ccc(F)cc1)N(Cc1cc2cc(C)cc(C)c2[nH]c1=O)CC1CCCO1. The van der Waals surface area contributed by atoms with Gasteiger partial charge in [0.15, 0.2) is 5.82 Å². The number of tetrazole rings is 1. The van der Waals surface area contributed by atoms with Crippen molar-refractivity contribution in [2.75, 3.05) is 13.2 Å². The monoisotopic (exact) mass is 504 g/mol. The van der Waals surface area contributed by atoms with Gasteiger partial charge in [-0.1, -0.05) is 30.7 Å². The summed E-state index contributed by atoms with van der Waals surface area (Å²) in [5.74, 6) is 0.439. The van der Waals surface area contributed by atoms with Gasteiger partial charge in [0.25, 0.3) is 5.56 Å². The molecule has 0 saturated carbocycles. The Morgan fingerprint density at radius 3 is 2.76 bits per heavy atom. The van der Waals surface area contributed by atoms with Crippen LogP contribution in [-0.2, 0) is 17.8 Å². The highest BCUT2D eigenvalue weighted by atomic mass is 19.1. The van der Waals surface area contributed by atoms with Gasteiger partial charge >= 0.3 is 0 Å². The molecule has 4 aromatic rings. The van der Waals surface area contributed by atoms with E-state index in [1.165, 1.54) is 12.1 Å². The number of fused-ring (bicyclic) bond motifs is 1. The highest BCUT2D eigenvalue weighted by molar-refractivity contribution is 5.82. The first kappa shape index (κ1) is 25.2. The van der Waals surface area contributed by atoms with Gasteiger partial charge in [-0.15, -0.1) is 5.10 Å². The Bertz CT molecular complexity index is 1430. The smallest absolute Gasteiger partial charge is 0.252 e. The molecule has 5 rings (SSSR count). The minimum absolute atomic E-state index is 0.0856. The lowest BCUT2D eigenvalue weighted by Gasteiger charge is -2.32. The summed E-state index contributed by atoms with van der Waals surface area (Å²) in [5, 5.41) is 13.6. The van der Waals surface area contributed by atoms with Crippen LogP contribution in [0.5, 0.6) is 0 Å². The fourth-order valence-electron chi connectivity index (χ4n) is 5.35. The minimum atomic E-state index is -0.277. The summed E-state index contributed by atoms with van der Waals surface area (Å²) < 4.78 is 21.2. The first-order valence-electron chi connectivity index (χ1n) is 12.9. The zero-order chi connectivity index (χ0) is 25.9. The van der Waals surface area contributed by atoms with Crippen LogP contribution in [-0.4, -0.2) is 49.3 Å². The second-order valence-corrected chi connectivity index (χ2v) is 9.98. The highest BCUT2D eigenvalue weighted by Crippen LogP contribution is 2.27. The number of hydrogen-bond acceptors (Lipinski definition) is 6. The third-order valence-corrected chi connectivity index (χ3v) is 7.14. The van der Waals surface area contributed by atoms with Gasteiger partial charge < -0.3 is 9.72 Å². The number of hydrogen-bond donors (Lipinski definition) is 1. The molecule has 3 heterocycles. The zero-order valence-electron chi connectivity index (χ0n) is 21.6. The van der Waals surface area contributed by atoms with Crippen LogP contribution >= 0.6 is 0 Å². The zero-order valence-corrected chi connectivity index (χ0v) is 21.6. The van der Waals surface area contributed by atoms with E-state index in [-0.39, 0.29) is 23.5 Å². The lowest BCUT2D eigenvalue weighted by molar-refractivity contribution is 0.0489. The van der Waals surface area contributed by atoms with Crippen LogP contribution in [0.4, 0.5) is 4.39 Å². The predicted molar refractivity (Wildman–Crippen MR) is 140 cm³/mol. The maximum Gasteiger partial charge on any atom is 0.252 e. The number of aromatic amines is 1. The lowest BCUT2D eigenvalue weighted by atomic mass is 10.0. The number of aryl methyl sites for hydroxylation is 2. The van der Waals surface area contributed by atoms with E-state index in [1.807, 2.05) is 13.0 Å². The molecule has 0 spiro atoms. The molecule has 1 aliphatic rings. The average Bonchev–Trinajstić information content (AvgIpc) is 3.55. The Labute approximate surface area is 215 Å². The van der Waals surface area contributed by atoms with Crippen LogP contribution in [0.3, 0.4) is 0 Å². The molecule has 1 fully saturated rings. The molecule has 0 amide bonds. The summed E-state index contributed by atoms with van der Waals surface area (Å²) in [6.07, 6.45) is 2.87. The van der Waals surface area contributed by atoms with E-state index >= 15 is 0 Å². The maximum absolute atomic E-state index is 13.4. The standard InChI is InChI=1S/C28H33FN6O2/c1-4-25(27-31-32-33-35(27)15-20-7-9-23(29)10-8-20)34(17-24-6-5-11-37-24)16-22-14-21-13-18(2)12-19(3)26(21)30-28(22)36/h7-10,12-14,24-25H,4-6,11,15-17H2,1-3H3,(H,30,36). The van der Waals surface area contributed by atoms with Crippen LogP contribution in [0.25, 0.3) is 10.9 Å². The number of ether oxygens (including phenoxy) is 1. The molecule has 2 aromatic heterocycles. The van der Waals surface area contributed by atoms with Crippen molar-refractivity contribution in [3.8, 4) is 0 Å². The van der Waals surface area contributed by atoms with Crippen LogP contribution in [0.15, 0.2) is 47.3 Å². The van der Waals surface area contributed by atoms with Gasteiger partial charge in [0.2, 0.25) is 0 Å². The van der Waals surface area contributed by atoms with Crippen molar-refractivity contribution >= 4 is 10.9 Å². The summed E-state index contributed by atoms with van der Waals surface area (Å²) in [6, 6.07) is 12.4. The molecule has 1 saturated heterocycles. The van der Waals surface area contributed by atoms with Crippen molar-refractivity contribution in [3.63, 3.8) is 0 Å². The summed E-state index contributed by atoms with van der Waals surface area (Å²) in [4.78, 5) is 18.6. The molecule has 0 radical (unpaired) electrons. The number of nitrogens with zero attached hydrogens (tertiary/aromatic N) is 5. The minimum Gasteiger partial charge on any atom is -0.377 e. The van der Waals surface area contributed by atoms with Gasteiger partial charge in [0, 0.05) is 25.3 Å².